The van der Waals surface area contributed by atoms with Crippen LogP contribution in [0.2, 0.25) is 0 Å². The lowest BCUT2D eigenvalue weighted by Crippen LogP contribution is -2.29. The SMILES string of the molecule is CCOc1cc(C=NNC(=O)CCNC(=O)c2cc(OC)c(OC)c(OC)c2)ccc1OC(=O)c1cc(OC)c(OC)c(OC)c1. The summed E-state index contributed by atoms with van der Waals surface area (Å²) in [4.78, 5) is 37.9. The Morgan fingerprint density at radius 1 is 0.696 bits per heavy atom. The first-order valence-electron chi connectivity index (χ1n) is 13.9. The molecule has 246 valence electrons. The highest BCUT2D eigenvalue weighted by molar-refractivity contribution is 5.96. The van der Waals surface area contributed by atoms with Crippen molar-refractivity contribution in [2.75, 3.05) is 55.8 Å². The minimum atomic E-state index is -0.675. The Kier molecular flexibility index (Phi) is 12.9. The van der Waals surface area contributed by atoms with Gasteiger partial charge < -0.3 is 43.2 Å². The second kappa shape index (κ2) is 17.0. The van der Waals surface area contributed by atoms with E-state index in [9.17, 15) is 14.4 Å². The number of ether oxygens (including phenoxy) is 8. The van der Waals surface area contributed by atoms with Crippen LogP contribution in [-0.4, -0.2) is 79.8 Å². The van der Waals surface area contributed by atoms with Gasteiger partial charge in [0, 0.05) is 18.5 Å². The van der Waals surface area contributed by atoms with Crippen molar-refractivity contribution in [1.29, 1.82) is 0 Å². The van der Waals surface area contributed by atoms with E-state index in [1.54, 1.807) is 25.1 Å². The Morgan fingerprint density at radius 2 is 1.24 bits per heavy atom. The number of methoxy groups -OCH3 is 6. The van der Waals surface area contributed by atoms with Crippen LogP contribution in [0.4, 0.5) is 0 Å². The van der Waals surface area contributed by atoms with Crippen LogP contribution in [0.3, 0.4) is 0 Å². The van der Waals surface area contributed by atoms with Crippen LogP contribution < -0.4 is 48.6 Å². The van der Waals surface area contributed by atoms with Crippen LogP contribution in [0.15, 0.2) is 47.6 Å². The smallest absolute Gasteiger partial charge is 0.343 e. The number of hydrogen-bond acceptors (Lipinski definition) is 12. The van der Waals surface area contributed by atoms with Gasteiger partial charge in [0.1, 0.15) is 0 Å². The molecule has 2 amide bonds. The molecule has 3 aromatic carbocycles. The number of hydrogen-bond donors (Lipinski definition) is 2. The van der Waals surface area contributed by atoms with Crippen molar-refractivity contribution in [3.05, 3.63) is 59.2 Å². The van der Waals surface area contributed by atoms with Gasteiger partial charge in [-0.15, -0.1) is 0 Å². The molecule has 0 bridgehead atoms. The first-order valence-corrected chi connectivity index (χ1v) is 13.9. The van der Waals surface area contributed by atoms with E-state index in [-0.39, 0.29) is 35.6 Å². The molecule has 0 aliphatic rings. The van der Waals surface area contributed by atoms with Crippen LogP contribution in [0.25, 0.3) is 0 Å². The zero-order valence-electron chi connectivity index (χ0n) is 26.7. The number of carbonyl (C=O) groups is 3. The first kappa shape index (κ1) is 34.8. The maximum absolute atomic E-state index is 13.0. The van der Waals surface area contributed by atoms with Crippen molar-refractivity contribution < 1.29 is 52.3 Å². The Bertz CT molecular complexity index is 1520. The van der Waals surface area contributed by atoms with Gasteiger partial charge in [0.25, 0.3) is 5.91 Å². The van der Waals surface area contributed by atoms with Crippen molar-refractivity contribution in [3.63, 3.8) is 0 Å². The van der Waals surface area contributed by atoms with Crippen LogP contribution in [0, 0.1) is 0 Å². The van der Waals surface area contributed by atoms with Crippen molar-refractivity contribution in [3.8, 4) is 46.0 Å². The Morgan fingerprint density at radius 3 is 1.74 bits per heavy atom. The molecule has 14 heteroatoms. The zero-order valence-corrected chi connectivity index (χ0v) is 26.7. The highest BCUT2D eigenvalue weighted by Gasteiger charge is 2.20. The molecule has 3 aromatic rings. The highest BCUT2D eigenvalue weighted by atomic mass is 16.6. The topological polar surface area (TPSA) is 161 Å². The van der Waals surface area contributed by atoms with Crippen molar-refractivity contribution in [1.82, 2.24) is 10.7 Å². The summed E-state index contributed by atoms with van der Waals surface area (Å²) in [6, 6.07) is 10.8. The number of rotatable bonds is 16. The van der Waals surface area contributed by atoms with Gasteiger partial charge in [-0.05, 0) is 55.0 Å². The highest BCUT2D eigenvalue weighted by Crippen LogP contribution is 2.39. The van der Waals surface area contributed by atoms with E-state index in [2.05, 4.69) is 15.8 Å². The quantitative estimate of drug-likeness (QED) is 0.102. The predicted molar refractivity (Wildman–Crippen MR) is 167 cm³/mol. The maximum Gasteiger partial charge on any atom is 0.343 e. The summed E-state index contributed by atoms with van der Waals surface area (Å²) >= 11 is 0. The van der Waals surface area contributed by atoms with Gasteiger partial charge in [-0.2, -0.15) is 5.10 Å². The van der Waals surface area contributed by atoms with Crippen molar-refractivity contribution in [2.24, 2.45) is 5.10 Å². The minimum absolute atomic E-state index is 0.0342. The molecular formula is C32H37N3O11. The molecule has 0 unspecified atom stereocenters. The normalized spacial score (nSPS) is 10.5. The Labute approximate surface area is 266 Å². The average molecular weight is 640 g/mol. The van der Waals surface area contributed by atoms with E-state index in [4.69, 9.17) is 37.9 Å². The van der Waals surface area contributed by atoms with E-state index in [1.165, 1.54) is 73.1 Å². The van der Waals surface area contributed by atoms with Gasteiger partial charge in [0.05, 0.1) is 61.0 Å². The molecule has 2 N–H and O–H groups in total. The molecule has 0 saturated carbocycles. The fourth-order valence-corrected chi connectivity index (χ4v) is 4.15. The molecule has 0 radical (unpaired) electrons. The van der Waals surface area contributed by atoms with Gasteiger partial charge in [-0.3, -0.25) is 9.59 Å². The summed E-state index contributed by atoms with van der Waals surface area (Å²) in [5.41, 5.74) is 3.42. The molecule has 0 aliphatic carbocycles. The molecule has 14 nitrogen and oxygen atoms in total. The molecular weight excluding hydrogens is 602 g/mol. The average Bonchev–Trinajstić information content (AvgIpc) is 3.07. The third-order valence-electron chi connectivity index (χ3n) is 6.34. The fourth-order valence-electron chi connectivity index (χ4n) is 4.15. The third-order valence-corrected chi connectivity index (χ3v) is 6.34. The number of amides is 2. The standard InChI is InChI=1S/C32H37N3O11/c1-8-45-23-13-19(9-10-22(23)46-32(38)21-16-26(41-4)30(44-7)27(17-21)42-5)18-34-35-28(36)11-12-33-31(37)20-14-24(39-2)29(43-6)25(15-20)40-3/h9-10,13-18H,8,11-12H2,1-7H3,(H,33,37)(H,35,36). The number of nitrogens with zero attached hydrogens (tertiary/aromatic N) is 1. The summed E-state index contributed by atoms with van der Waals surface area (Å²) < 4.78 is 43.0. The van der Waals surface area contributed by atoms with E-state index >= 15 is 0 Å². The van der Waals surface area contributed by atoms with E-state index < -0.39 is 17.8 Å². The van der Waals surface area contributed by atoms with Crippen LogP contribution >= 0.6 is 0 Å². The third kappa shape index (κ3) is 8.71. The molecule has 0 aliphatic heterocycles. The number of esters is 1. The molecule has 0 saturated heterocycles. The molecule has 0 spiro atoms. The van der Waals surface area contributed by atoms with Crippen LogP contribution in [0.5, 0.6) is 46.0 Å². The van der Waals surface area contributed by atoms with E-state index in [0.29, 0.717) is 46.7 Å². The summed E-state index contributed by atoms with van der Waals surface area (Å²) in [5.74, 6) is 0.886. The monoisotopic (exact) mass is 639 g/mol. The maximum atomic E-state index is 13.0. The minimum Gasteiger partial charge on any atom is -0.493 e. The van der Waals surface area contributed by atoms with Crippen LogP contribution in [0.1, 0.15) is 39.6 Å². The van der Waals surface area contributed by atoms with E-state index in [0.717, 1.165) is 0 Å². The second-order valence-corrected chi connectivity index (χ2v) is 9.16. The van der Waals surface area contributed by atoms with Crippen molar-refractivity contribution in [2.45, 2.75) is 13.3 Å². The zero-order chi connectivity index (χ0) is 33.6. The largest absolute Gasteiger partial charge is 0.493 e. The lowest BCUT2D eigenvalue weighted by molar-refractivity contribution is -0.120. The molecule has 0 fully saturated rings. The van der Waals surface area contributed by atoms with Gasteiger partial charge in [0.2, 0.25) is 17.4 Å². The number of benzene rings is 3. The number of nitrogens with one attached hydrogen (secondary N) is 2. The Balaban J connectivity index is 1.60. The van der Waals surface area contributed by atoms with Crippen LogP contribution in [-0.2, 0) is 4.79 Å². The van der Waals surface area contributed by atoms with Crippen molar-refractivity contribution >= 4 is 24.0 Å². The number of hydrazone groups is 1. The Hall–Kier alpha value is -5.66. The van der Waals surface area contributed by atoms with Gasteiger partial charge in [0.15, 0.2) is 34.5 Å². The summed E-state index contributed by atoms with van der Waals surface area (Å²) in [6.45, 7) is 2.14. The summed E-state index contributed by atoms with van der Waals surface area (Å²) in [5, 5.41) is 6.64. The molecule has 46 heavy (non-hydrogen) atoms. The summed E-state index contributed by atoms with van der Waals surface area (Å²) in [6.07, 6.45) is 1.37. The molecule has 3 rings (SSSR count). The molecule has 0 atom stereocenters. The lowest BCUT2D eigenvalue weighted by atomic mass is 10.1. The second-order valence-electron chi connectivity index (χ2n) is 9.16. The summed E-state index contributed by atoms with van der Waals surface area (Å²) in [7, 11) is 8.71. The molecule has 0 heterocycles. The fraction of sp³-hybridized carbons (Fsp3) is 0.312. The predicted octanol–water partition coefficient (Wildman–Crippen LogP) is 3.63. The number of carbonyl (C=O) groups excluding carboxylic acids is 3. The van der Waals surface area contributed by atoms with Gasteiger partial charge >= 0.3 is 5.97 Å². The lowest BCUT2D eigenvalue weighted by Gasteiger charge is -2.15. The molecule has 0 aromatic heterocycles. The van der Waals surface area contributed by atoms with E-state index in [1.807, 2.05) is 0 Å². The first-order chi connectivity index (χ1) is 22.2. The van der Waals surface area contributed by atoms with Gasteiger partial charge in [-0.1, -0.05) is 0 Å². The van der Waals surface area contributed by atoms with Gasteiger partial charge in [-0.25, -0.2) is 10.2 Å².